The lowest BCUT2D eigenvalue weighted by Crippen LogP contribution is -1.88. The maximum Gasteiger partial charge on any atom is -0.0280 e. The van der Waals surface area contributed by atoms with E-state index in [1.807, 2.05) is 0 Å². The van der Waals surface area contributed by atoms with Crippen LogP contribution in [0.25, 0.3) is 0 Å². The molecule has 0 aromatic rings. The van der Waals surface area contributed by atoms with Crippen LogP contribution in [0.15, 0.2) is 23.3 Å². The van der Waals surface area contributed by atoms with E-state index in [2.05, 4.69) is 26.0 Å². The summed E-state index contributed by atoms with van der Waals surface area (Å²) in [5.41, 5.74) is 3.12. The van der Waals surface area contributed by atoms with Crippen molar-refractivity contribution < 1.29 is 0 Å². The normalized spacial score (nSPS) is 17.0. The van der Waals surface area contributed by atoms with E-state index in [0.29, 0.717) is 0 Å². The monoisotopic (exact) mass is 138 g/mol. The maximum absolute atomic E-state index is 2.26. The first-order valence-corrected chi connectivity index (χ1v) is 3.68. The summed E-state index contributed by atoms with van der Waals surface area (Å²) in [5.74, 6) is 0. The Morgan fingerprint density at radius 3 is 2.40 bits per heavy atom. The highest BCUT2D eigenvalue weighted by Gasteiger charge is 1.99. The summed E-state index contributed by atoms with van der Waals surface area (Å²) >= 11 is 0. The molecule has 0 N–H and O–H groups in total. The van der Waals surface area contributed by atoms with Gasteiger partial charge in [0.2, 0.25) is 0 Å². The molecule has 0 fully saturated rings. The van der Waals surface area contributed by atoms with Crippen molar-refractivity contribution in [3.8, 4) is 0 Å². The van der Waals surface area contributed by atoms with Crippen molar-refractivity contribution in [3.63, 3.8) is 0 Å². The maximum atomic E-state index is 2.26. The summed E-state index contributed by atoms with van der Waals surface area (Å²) in [4.78, 5) is 0. The van der Waals surface area contributed by atoms with E-state index < -0.39 is 0 Å². The first kappa shape index (κ1) is 9.48. The van der Waals surface area contributed by atoms with Crippen LogP contribution in [0.4, 0.5) is 0 Å². The zero-order chi connectivity index (χ0) is 6.69. The SMILES string of the molecule is C.CCC1=CC=C(C)CC1. The summed E-state index contributed by atoms with van der Waals surface area (Å²) in [6.45, 7) is 4.42. The van der Waals surface area contributed by atoms with E-state index in [1.165, 1.54) is 24.8 Å². The standard InChI is InChI=1S/C9H14.CH4/c1-3-9-6-4-8(2)5-7-9;/h4,6H,3,5,7H2,1-2H3;1H4. The van der Waals surface area contributed by atoms with Crippen LogP contribution in [0.1, 0.15) is 40.5 Å². The second-order valence-corrected chi connectivity index (χ2v) is 2.69. The molecule has 0 radical (unpaired) electrons. The van der Waals surface area contributed by atoms with Gasteiger partial charge in [0.15, 0.2) is 0 Å². The lowest BCUT2D eigenvalue weighted by Gasteiger charge is -2.08. The highest BCUT2D eigenvalue weighted by atomic mass is 14.0. The Morgan fingerprint density at radius 1 is 1.30 bits per heavy atom. The molecular formula is C10H18. The number of allylic oxidation sites excluding steroid dienone is 4. The smallest absolute Gasteiger partial charge is 0.0280 e. The molecule has 0 aliphatic heterocycles. The molecule has 0 aromatic heterocycles. The molecule has 1 rings (SSSR count). The Kier molecular flexibility index (Phi) is 4.10. The molecule has 10 heavy (non-hydrogen) atoms. The van der Waals surface area contributed by atoms with E-state index in [9.17, 15) is 0 Å². The fraction of sp³-hybridized carbons (Fsp3) is 0.600. The van der Waals surface area contributed by atoms with Gasteiger partial charge in [0.25, 0.3) is 0 Å². The van der Waals surface area contributed by atoms with Crippen molar-refractivity contribution in [1.29, 1.82) is 0 Å². The third kappa shape index (κ3) is 2.38. The molecule has 0 unspecified atom stereocenters. The molecule has 0 spiro atoms. The average Bonchev–Trinajstić information content (AvgIpc) is 1.90. The molecule has 0 saturated carbocycles. The van der Waals surface area contributed by atoms with Crippen LogP contribution >= 0.6 is 0 Å². The molecule has 0 amide bonds. The number of hydrogen-bond acceptors (Lipinski definition) is 0. The van der Waals surface area contributed by atoms with Crippen LogP contribution in [0, 0.1) is 0 Å². The minimum Gasteiger partial charge on any atom is -0.0776 e. The van der Waals surface area contributed by atoms with Gasteiger partial charge in [-0.25, -0.2) is 0 Å². The van der Waals surface area contributed by atoms with Crippen molar-refractivity contribution >= 4 is 0 Å². The zero-order valence-corrected chi connectivity index (χ0v) is 6.28. The molecule has 0 nitrogen and oxygen atoms in total. The first-order chi connectivity index (χ1) is 4.33. The van der Waals surface area contributed by atoms with E-state index in [4.69, 9.17) is 0 Å². The fourth-order valence-electron chi connectivity index (χ4n) is 1.08. The van der Waals surface area contributed by atoms with Crippen molar-refractivity contribution in [2.75, 3.05) is 0 Å². The third-order valence-electron chi connectivity index (χ3n) is 1.90. The van der Waals surface area contributed by atoms with Crippen LogP contribution < -0.4 is 0 Å². The topological polar surface area (TPSA) is 0 Å². The van der Waals surface area contributed by atoms with Crippen molar-refractivity contribution in [3.05, 3.63) is 23.3 Å². The number of hydrogen-bond donors (Lipinski definition) is 0. The van der Waals surface area contributed by atoms with Crippen LogP contribution in [0.5, 0.6) is 0 Å². The average molecular weight is 138 g/mol. The van der Waals surface area contributed by atoms with E-state index in [0.717, 1.165) is 0 Å². The molecule has 58 valence electrons. The Hall–Kier alpha value is -0.520. The van der Waals surface area contributed by atoms with Crippen LogP contribution in [-0.4, -0.2) is 0 Å². The molecule has 0 aromatic carbocycles. The van der Waals surface area contributed by atoms with Gasteiger partial charge in [0, 0.05) is 0 Å². The van der Waals surface area contributed by atoms with Gasteiger partial charge in [-0.3, -0.25) is 0 Å². The number of rotatable bonds is 1. The highest BCUT2D eigenvalue weighted by Crippen LogP contribution is 2.19. The molecule has 0 heterocycles. The summed E-state index contributed by atoms with van der Waals surface area (Å²) < 4.78 is 0. The predicted octanol–water partition coefficient (Wildman–Crippen LogP) is 3.70. The minimum atomic E-state index is 0. The molecule has 0 bridgehead atoms. The third-order valence-corrected chi connectivity index (χ3v) is 1.90. The summed E-state index contributed by atoms with van der Waals surface area (Å²) in [7, 11) is 0. The fourth-order valence-corrected chi connectivity index (χ4v) is 1.08. The Morgan fingerprint density at radius 2 is 2.00 bits per heavy atom. The summed E-state index contributed by atoms with van der Waals surface area (Å²) in [6.07, 6.45) is 8.30. The largest absolute Gasteiger partial charge is 0.0776 e. The lowest BCUT2D eigenvalue weighted by atomic mass is 9.98. The molecule has 0 atom stereocenters. The van der Waals surface area contributed by atoms with Crippen LogP contribution in [-0.2, 0) is 0 Å². The highest BCUT2D eigenvalue weighted by molar-refractivity contribution is 5.22. The molecular weight excluding hydrogens is 120 g/mol. The predicted molar refractivity (Wildman–Crippen MR) is 48.1 cm³/mol. The van der Waals surface area contributed by atoms with E-state index >= 15 is 0 Å². The lowest BCUT2D eigenvalue weighted by molar-refractivity contribution is 0.857. The second kappa shape index (κ2) is 4.32. The van der Waals surface area contributed by atoms with Gasteiger partial charge < -0.3 is 0 Å². The Bertz CT molecular complexity index is 149. The van der Waals surface area contributed by atoms with E-state index in [-0.39, 0.29) is 7.43 Å². The first-order valence-electron chi connectivity index (χ1n) is 3.68. The molecule has 1 aliphatic carbocycles. The van der Waals surface area contributed by atoms with Gasteiger partial charge in [0.05, 0.1) is 0 Å². The zero-order valence-electron chi connectivity index (χ0n) is 6.28. The molecule has 1 aliphatic rings. The summed E-state index contributed by atoms with van der Waals surface area (Å²) in [6, 6.07) is 0. The Balaban J connectivity index is 0.000000810. The van der Waals surface area contributed by atoms with E-state index in [1.54, 1.807) is 5.57 Å². The minimum absolute atomic E-state index is 0. The molecule has 0 heteroatoms. The van der Waals surface area contributed by atoms with Crippen LogP contribution in [0.2, 0.25) is 0 Å². The van der Waals surface area contributed by atoms with Gasteiger partial charge >= 0.3 is 0 Å². The molecule has 0 saturated heterocycles. The van der Waals surface area contributed by atoms with Gasteiger partial charge in [-0.2, -0.15) is 0 Å². The van der Waals surface area contributed by atoms with Crippen LogP contribution in [0.3, 0.4) is 0 Å². The van der Waals surface area contributed by atoms with Gasteiger partial charge in [-0.05, 0) is 26.2 Å². The van der Waals surface area contributed by atoms with Crippen molar-refractivity contribution in [1.82, 2.24) is 0 Å². The van der Waals surface area contributed by atoms with Gasteiger partial charge in [-0.15, -0.1) is 0 Å². The van der Waals surface area contributed by atoms with Crippen molar-refractivity contribution in [2.45, 2.75) is 40.5 Å². The van der Waals surface area contributed by atoms with Gasteiger partial charge in [0.1, 0.15) is 0 Å². The quantitative estimate of drug-likeness (QED) is 0.518. The Labute approximate surface area is 64.6 Å². The van der Waals surface area contributed by atoms with Crippen molar-refractivity contribution in [2.24, 2.45) is 0 Å². The van der Waals surface area contributed by atoms with Gasteiger partial charge in [-0.1, -0.05) is 37.6 Å². The summed E-state index contributed by atoms with van der Waals surface area (Å²) in [5, 5.41) is 0. The second-order valence-electron chi connectivity index (χ2n) is 2.69.